The number of nitrogens with one attached hydrogen (secondary N) is 1. The highest BCUT2D eigenvalue weighted by Crippen LogP contribution is 2.29. The van der Waals surface area contributed by atoms with Gasteiger partial charge in [-0.3, -0.25) is 9.79 Å². The van der Waals surface area contributed by atoms with E-state index in [1.54, 1.807) is 36.3 Å². The van der Waals surface area contributed by atoms with Crippen molar-refractivity contribution in [1.29, 1.82) is 0 Å². The SMILES string of the molecule is COc1ccc2ccc(S(=O)(=O)N[C@@H](CCCN=C(N)N)C(=O)N3CCC(c4ccccc4)CC3)cc2c1. The minimum atomic E-state index is -3.98. The highest BCUT2D eigenvalue weighted by atomic mass is 32.2. The van der Waals surface area contributed by atoms with Crippen molar-refractivity contribution in [1.82, 2.24) is 9.62 Å². The molecule has 4 rings (SSSR count). The predicted octanol–water partition coefficient (Wildman–Crippen LogP) is 2.96. The van der Waals surface area contributed by atoms with Gasteiger partial charge in [0.15, 0.2) is 5.96 Å². The van der Waals surface area contributed by atoms with Crippen LogP contribution in [0.5, 0.6) is 5.75 Å². The number of ether oxygens (including phenoxy) is 1. The topological polar surface area (TPSA) is 140 Å². The summed E-state index contributed by atoms with van der Waals surface area (Å²) >= 11 is 0. The Labute approximate surface area is 223 Å². The molecule has 1 heterocycles. The summed E-state index contributed by atoms with van der Waals surface area (Å²) in [7, 11) is -2.42. The predicted molar refractivity (Wildman–Crippen MR) is 150 cm³/mol. The summed E-state index contributed by atoms with van der Waals surface area (Å²) in [5.74, 6) is 0.744. The van der Waals surface area contributed by atoms with Crippen LogP contribution in [0.3, 0.4) is 0 Å². The third kappa shape index (κ3) is 6.81. The molecule has 10 heteroatoms. The van der Waals surface area contributed by atoms with Gasteiger partial charge in [-0.05, 0) is 72.2 Å². The Kier molecular flexibility index (Phi) is 8.85. The van der Waals surface area contributed by atoms with Gasteiger partial charge < -0.3 is 21.1 Å². The number of likely N-dealkylation sites (tertiary alicyclic amines) is 1. The maximum Gasteiger partial charge on any atom is 0.241 e. The van der Waals surface area contributed by atoms with Crippen LogP contribution in [0.1, 0.15) is 37.2 Å². The van der Waals surface area contributed by atoms with E-state index in [1.807, 2.05) is 30.3 Å². The van der Waals surface area contributed by atoms with Crippen LogP contribution in [-0.4, -0.2) is 58.0 Å². The van der Waals surface area contributed by atoms with Gasteiger partial charge in [-0.1, -0.05) is 42.5 Å². The molecule has 0 unspecified atom stereocenters. The molecule has 202 valence electrons. The summed E-state index contributed by atoms with van der Waals surface area (Å²) in [5.41, 5.74) is 12.1. The van der Waals surface area contributed by atoms with Crippen molar-refractivity contribution in [2.45, 2.75) is 42.5 Å². The van der Waals surface area contributed by atoms with Gasteiger partial charge in [-0.25, -0.2) is 8.42 Å². The lowest BCUT2D eigenvalue weighted by molar-refractivity contribution is -0.134. The minimum absolute atomic E-state index is 0.0389. The molecule has 3 aromatic rings. The zero-order chi connectivity index (χ0) is 27.1. The zero-order valence-electron chi connectivity index (χ0n) is 21.5. The van der Waals surface area contributed by atoms with E-state index >= 15 is 0 Å². The van der Waals surface area contributed by atoms with Crippen LogP contribution < -0.4 is 20.9 Å². The lowest BCUT2D eigenvalue weighted by Crippen LogP contribution is -2.50. The van der Waals surface area contributed by atoms with E-state index in [1.165, 1.54) is 5.56 Å². The summed E-state index contributed by atoms with van der Waals surface area (Å²) < 4.78 is 34.8. The smallest absolute Gasteiger partial charge is 0.241 e. The van der Waals surface area contributed by atoms with Gasteiger partial charge in [0.2, 0.25) is 15.9 Å². The first kappa shape index (κ1) is 27.4. The molecule has 5 N–H and O–H groups in total. The van der Waals surface area contributed by atoms with Gasteiger partial charge in [0.05, 0.1) is 12.0 Å². The number of guanidine groups is 1. The third-order valence-corrected chi connectivity index (χ3v) is 8.42. The molecule has 1 aliphatic rings. The molecular weight excluding hydrogens is 502 g/mol. The number of methoxy groups -OCH3 is 1. The molecule has 9 nitrogen and oxygen atoms in total. The number of rotatable bonds is 10. The molecule has 1 fully saturated rings. The summed E-state index contributed by atoms with van der Waals surface area (Å²) in [4.78, 5) is 19.4. The Morgan fingerprint density at radius 3 is 2.45 bits per heavy atom. The number of fused-ring (bicyclic) bond motifs is 1. The molecule has 0 aromatic heterocycles. The number of benzene rings is 3. The van der Waals surface area contributed by atoms with E-state index in [-0.39, 0.29) is 23.2 Å². The molecule has 0 bridgehead atoms. The number of amides is 1. The molecule has 3 aromatic carbocycles. The van der Waals surface area contributed by atoms with Crippen LogP contribution in [0.15, 0.2) is 76.6 Å². The largest absolute Gasteiger partial charge is 0.497 e. The first-order valence-electron chi connectivity index (χ1n) is 12.8. The van der Waals surface area contributed by atoms with E-state index in [2.05, 4.69) is 21.8 Å². The Balaban J connectivity index is 1.50. The number of carbonyl (C=O) groups excluding carboxylic acids is 1. The van der Waals surface area contributed by atoms with Crippen LogP contribution in [0.25, 0.3) is 10.8 Å². The summed E-state index contributed by atoms with van der Waals surface area (Å²) in [6.07, 6.45) is 2.38. The average molecular weight is 538 g/mol. The van der Waals surface area contributed by atoms with Gasteiger partial charge >= 0.3 is 0 Å². The van der Waals surface area contributed by atoms with Crippen LogP contribution >= 0.6 is 0 Å². The molecule has 0 radical (unpaired) electrons. The van der Waals surface area contributed by atoms with Crippen LogP contribution in [0, 0.1) is 0 Å². The van der Waals surface area contributed by atoms with Crippen molar-refractivity contribution in [3.63, 3.8) is 0 Å². The highest BCUT2D eigenvalue weighted by molar-refractivity contribution is 7.89. The molecule has 0 aliphatic carbocycles. The first-order chi connectivity index (χ1) is 18.3. The fourth-order valence-corrected chi connectivity index (χ4v) is 6.13. The number of carbonyl (C=O) groups is 1. The first-order valence-corrected chi connectivity index (χ1v) is 14.2. The van der Waals surface area contributed by atoms with E-state index < -0.39 is 16.1 Å². The number of nitrogens with zero attached hydrogens (tertiary/aromatic N) is 2. The highest BCUT2D eigenvalue weighted by Gasteiger charge is 2.31. The van der Waals surface area contributed by atoms with Gasteiger partial charge in [0, 0.05) is 19.6 Å². The van der Waals surface area contributed by atoms with E-state index in [4.69, 9.17) is 16.2 Å². The van der Waals surface area contributed by atoms with E-state index in [9.17, 15) is 13.2 Å². The third-order valence-electron chi connectivity index (χ3n) is 6.95. The molecular formula is C28H35N5O4S. The summed E-state index contributed by atoms with van der Waals surface area (Å²) in [6, 6.07) is 19.7. The summed E-state index contributed by atoms with van der Waals surface area (Å²) in [5, 5.41) is 1.61. The fraction of sp³-hybridized carbons (Fsp3) is 0.357. The zero-order valence-corrected chi connectivity index (χ0v) is 22.4. The van der Waals surface area contributed by atoms with Crippen molar-refractivity contribution < 1.29 is 17.9 Å². The number of nitrogens with two attached hydrogens (primary N) is 2. The second-order valence-electron chi connectivity index (χ2n) is 9.51. The van der Waals surface area contributed by atoms with E-state index in [0.717, 1.165) is 23.6 Å². The van der Waals surface area contributed by atoms with Crippen molar-refractivity contribution in [2.24, 2.45) is 16.5 Å². The van der Waals surface area contributed by atoms with Gasteiger partial charge in [-0.2, -0.15) is 4.72 Å². The molecule has 1 aliphatic heterocycles. The maximum atomic E-state index is 13.6. The second-order valence-corrected chi connectivity index (χ2v) is 11.2. The van der Waals surface area contributed by atoms with Crippen molar-refractivity contribution in [3.8, 4) is 5.75 Å². The van der Waals surface area contributed by atoms with Gasteiger partial charge in [0.1, 0.15) is 11.8 Å². The maximum absolute atomic E-state index is 13.6. The number of piperidine rings is 1. The Morgan fingerprint density at radius 2 is 1.76 bits per heavy atom. The Morgan fingerprint density at radius 1 is 1.05 bits per heavy atom. The molecule has 38 heavy (non-hydrogen) atoms. The van der Waals surface area contributed by atoms with Gasteiger partial charge in [0.25, 0.3) is 0 Å². The normalized spacial score (nSPS) is 15.2. The standard InChI is InChI=1S/C28H35N5O4S/c1-37-24-11-9-21-10-12-25(19-23(21)18-24)38(35,36)32-26(8-5-15-31-28(29)30)27(34)33-16-13-22(14-17-33)20-6-3-2-4-7-20/h2-4,6-7,9-12,18-19,22,26,32H,5,8,13-17H2,1H3,(H4,29,30,31)/t26-/m0/s1. The Bertz CT molecular complexity index is 1380. The Hall–Kier alpha value is -3.63. The number of aliphatic imine (C=N–C) groups is 1. The average Bonchev–Trinajstić information content (AvgIpc) is 2.94. The lowest BCUT2D eigenvalue weighted by Gasteiger charge is -2.34. The van der Waals surface area contributed by atoms with Crippen molar-refractivity contribution in [2.75, 3.05) is 26.7 Å². The second kappa shape index (κ2) is 12.3. The molecule has 1 saturated heterocycles. The van der Waals surface area contributed by atoms with Gasteiger partial charge in [-0.15, -0.1) is 0 Å². The number of hydrogen-bond donors (Lipinski definition) is 3. The molecule has 1 amide bonds. The quantitative estimate of drug-likeness (QED) is 0.206. The summed E-state index contributed by atoms with van der Waals surface area (Å²) in [6.45, 7) is 1.44. The lowest BCUT2D eigenvalue weighted by atomic mass is 9.89. The number of sulfonamides is 1. The van der Waals surface area contributed by atoms with Crippen LogP contribution in [-0.2, 0) is 14.8 Å². The molecule has 1 atom stereocenters. The van der Waals surface area contributed by atoms with Crippen LogP contribution in [0.2, 0.25) is 0 Å². The van der Waals surface area contributed by atoms with Crippen molar-refractivity contribution >= 4 is 32.7 Å². The fourth-order valence-electron chi connectivity index (χ4n) is 4.87. The molecule has 0 spiro atoms. The number of hydrogen-bond acceptors (Lipinski definition) is 5. The van der Waals surface area contributed by atoms with Crippen molar-refractivity contribution in [3.05, 3.63) is 72.3 Å². The monoisotopic (exact) mass is 537 g/mol. The minimum Gasteiger partial charge on any atom is -0.497 e. The van der Waals surface area contributed by atoms with Crippen LogP contribution in [0.4, 0.5) is 0 Å². The van der Waals surface area contributed by atoms with E-state index in [0.29, 0.717) is 37.7 Å². The molecule has 0 saturated carbocycles.